The number of nitrogens with one attached hydrogen (secondary N) is 2. The van der Waals surface area contributed by atoms with Crippen LogP contribution in [0.3, 0.4) is 0 Å². The molecule has 6 nitrogen and oxygen atoms in total. The molecule has 0 aromatic heterocycles. The maximum Gasteiger partial charge on any atom is 0.341 e. The van der Waals surface area contributed by atoms with Gasteiger partial charge in [-0.05, 0) is 31.6 Å². The number of hydrogen-bond donors (Lipinski definition) is 3. The van der Waals surface area contributed by atoms with E-state index in [0.29, 0.717) is 25.1 Å². The molecule has 0 heterocycles. The second-order valence-corrected chi connectivity index (χ2v) is 5.88. The normalized spacial score (nSPS) is 11.6. The summed E-state index contributed by atoms with van der Waals surface area (Å²) in [5.74, 6) is -4.80. The highest BCUT2D eigenvalue weighted by atomic mass is 32.2. The highest BCUT2D eigenvalue weighted by Crippen LogP contribution is 2.20. The standard InChI is InChI=1S/C12H16F2N2O4S/c1-2-15-6-3-7-16-21(19,20)9-5-4-8(13)10(11(9)14)12(17)18/h4-5,15-16H,2-3,6-7H2,1H3,(H,17,18). The molecule has 0 spiro atoms. The first-order valence-corrected chi connectivity index (χ1v) is 7.71. The Bertz CT molecular complexity index is 620. The Kier molecular flexibility index (Phi) is 6.19. The van der Waals surface area contributed by atoms with Crippen molar-refractivity contribution in [1.82, 2.24) is 10.0 Å². The molecule has 0 aliphatic heterocycles. The van der Waals surface area contributed by atoms with Gasteiger partial charge in [0.2, 0.25) is 10.0 Å². The highest BCUT2D eigenvalue weighted by Gasteiger charge is 2.26. The SMILES string of the molecule is CCNCCCNS(=O)(=O)c1ccc(F)c(C(=O)O)c1F. The monoisotopic (exact) mass is 322 g/mol. The summed E-state index contributed by atoms with van der Waals surface area (Å²) in [4.78, 5) is 9.87. The third-order valence-corrected chi connectivity index (χ3v) is 4.11. The predicted molar refractivity (Wildman–Crippen MR) is 71.7 cm³/mol. The summed E-state index contributed by atoms with van der Waals surface area (Å²) < 4.78 is 53.0. The summed E-state index contributed by atoms with van der Waals surface area (Å²) in [5, 5.41) is 11.7. The van der Waals surface area contributed by atoms with Crippen LogP contribution in [0.15, 0.2) is 17.0 Å². The van der Waals surface area contributed by atoms with Gasteiger partial charge in [-0.15, -0.1) is 0 Å². The van der Waals surface area contributed by atoms with E-state index in [4.69, 9.17) is 5.11 Å². The van der Waals surface area contributed by atoms with E-state index in [1.54, 1.807) is 0 Å². The van der Waals surface area contributed by atoms with E-state index in [1.807, 2.05) is 6.92 Å². The van der Waals surface area contributed by atoms with Crippen LogP contribution >= 0.6 is 0 Å². The van der Waals surface area contributed by atoms with Crippen LogP contribution in [0.1, 0.15) is 23.7 Å². The lowest BCUT2D eigenvalue weighted by Gasteiger charge is -2.09. The molecule has 0 saturated carbocycles. The number of halogens is 2. The Morgan fingerprint density at radius 1 is 1.29 bits per heavy atom. The van der Waals surface area contributed by atoms with E-state index in [9.17, 15) is 22.0 Å². The topological polar surface area (TPSA) is 95.5 Å². The predicted octanol–water partition coefficient (Wildman–Crippen LogP) is 0.941. The second kappa shape index (κ2) is 7.43. The highest BCUT2D eigenvalue weighted by molar-refractivity contribution is 7.89. The molecule has 0 unspecified atom stereocenters. The van der Waals surface area contributed by atoms with Crippen molar-refractivity contribution in [1.29, 1.82) is 0 Å². The van der Waals surface area contributed by atoms with E-state index in [0.717, 1.165) is 6.54 Å². The van der Waals surface area contributed by atoms with E-state index in [1.165, 1.54) is 0 Å². The average molecular weight is 322 g/mol. The van der Waals surface area contributed by atoms with Crippen molar-refractivity contribution in [2.24, 2.45) is 0 Å². The third-order valence-electron chi connectivity index (χ3n) is 2.63. The summed E-state index contributed by atoms with van der Waals surface area (Å²) >= 11 is 0. The van der Waals surface area contributed by atoms with Gasteiger partial charge in [0.25, 0.3) is 0 Å². The summed E-state index contributed by atoms with van der Waals surface area (Å²) in [6.45, 7) is 3.26. The number of hydrogen-bond acceptors (Lipinski definition) is 4. The minimum atomic E-state index is -4.23. The first-order chi connectivity index (χ1) is 9.81. The maximum absolute atomic E-state index is 13.9. The Hall–Kier alpha value is -1.58. The zero-order valence-electron chi connectivity index (χ0n) is 11.3. The molecular formula is C12H16F2N2O4S. The molecular weight excluding hydrogens is 306 g/mol. The molecule has 0 fully saturated rings. The average Bonchev–Trinajstić information content (AvgIpc) is 2.37. The van der Waals surface area contributed by atoms with Crippen molar-refractivity contribution in [2.45, 2.75) is 18.2 Å². The molecule has 0 aliphatic carbocycles. The zero-order chi connectivity index (χ0) is 16.0. The number of aromatic carboxylic acids is 1. The summed E-state index contributed by atoms with van der Waals surface area (Å²) in [6, 6.07) is 1.31. The van der Waals surface area contributed by atoms with Gasteiger partial charge in [-0.1, -0.05) is 6.92 Å². The van der Waals surface area contributed by atoms with E-state index >= 15 is 0 Å². The molecule has 1 aromatic carbocycles. The molecule has 0 bridgehead atoms. The van der Waals surface area contributed by atoms with E-state index in [-0.39, 0.29) is 6.54 Å². The molecule has 0 radical (unpaired) electrons. The van der Waals surface area contributed by atoms with Gasteiger partial charge in [0.05, 0.1) is 0 Å². The molecule has 1 aromatic rings. The zero-order valence-corrected chi connectivity index (χ0v) is 12.1. The molecule has 0 atom stereocenters. The quantitative estimate of drug-likeness (QED) is 0.619. The smallest absolute Gasteiger partial charge is 0.341 e. The van der Waals surface area contributed by atoms with Gasteiger partial charge in [-0.25, -0.2) is 26.7 Å². The molecule has 118 valence electrons. The lowest BCUT2D eigenvalue weighted by Crippen LogP contribution is -2.28. The largest absolute Gasteiger partial charge is 0.477 e. The van der Waals surface area contributed by atoms with Gasteiger partial charge < -0.3 is 10.4 Å². The van der Waals surface area contributed by atoms with Crippen molar-refractivity contribution >= 4 is 16.0 Å². The molecule has 21 heavy (non-hydrogen) atoms. The number of benzene rings is 1. The Balaban J connectivity index is 2.94. The van der Waals surface area contributed by atoms with Crippen LogP contribution in [-0.4, -0.2) is 39.1 Å². The van der Waals surface area contributed by atoms with Crippen molar-refractivity contribution < 1.29 is 27.1 Å². The third kappa shape index (κ3) is 4.45. The number of carboxylic acid groups (broad SMARTS) is 1. The lowest BCUT2D eigenvalue weighted by atomic mass is 10.2. The molecule has 0 aliphatic rings. The van der Waals surface area contributed by atoms with Crippen molar-refractivity contribution in [3.63, 3.8) is 0 Å². The van der Waals surface area contributed by atoms with Gasteiger partial charge in [-0.2, -0.15) is 0 Å². The molecule has 0 amide bonds. The van der Waals surface area contributed by atoms with Crippen molar-refractivity contribution in [2.75, 3.05) is 19.6 Å². The lowest BCUT2D eigenvalue weighted by molar-refractivity contribution is 0.0685. The second-order valence-electron chi connectivity index (χ2n) is 4.14. The fourth-order valence-electron chi connectivity index (χ4n) is 1.61. The van der Waals surface area contributed by atoms with Crippen LogP contribution in [0.2, 0.25) is 0 Å². The van der Waals surface area contributed by atoms with Gasteiger partial charge in [0.15, 0.2) is 5.82 Å². The molecule has 9 heteroatoms. The van der Waals surface area contributed by atoms with Crippen molar-refractivity contribution in [3.05, 3.63) is 29.3 Å². The molecule has 0 saturated heterocycles. The number of sulfonamides is 1. The summed E-state index contributed by atoms with van der Waals surface area (Å²) in [6.07, 6.45) is 0.474. The fourth-order valence-corrected chi connectivity index (χ4v) is 2.77. The maximum atomic E-state index is 13.9. The Morgan fingerprint density at radius 3 is 2.52 bits per heavy atom. The summed E-state index contributed by atoms with van der Waals surface area (Å²) in [7, 11) is -4.23. The Labute approximate surface area is 121 Å². The van der Waals surface area contributed by atoms with Crippen LogP contribution in [0.4, 0.5) is 8.78 Å². The minimum absolute atomic E-state index is 0.0502. The van der Waals surface area contributed by atoms with Gasteiger partial charge in [0, 0.05) is 6.54 Å². The first kappa shape index (κ1) is 17.5. The molecule has 1 rings (SSSR count). The first-order valence-electron chi connectivity index (χ1n) is 6.23. The van der Waals surface area contributed by atoms with Gasteiger partial charge in [0.1, 0.15) is 16.3 Å². The van der Waals surface area contributed by atoms with Crippen LogP contribution in [0, 0.1) is 11.6 Å². The van der Waals surface area contributed by atoms with Crippen LogP contribution in [-0.2, 0) is 10.0 Å². The Morgan fingerprint density at radius 2 is 1.95 bits per heavy atom. The number of carbonyl (C=O) groups is 1. The van der Waals surface area contributed by atoms with Gasteiger partial charge >= 0.3 is 5.97 Å². The van der Waals surface area contributed by atoms with E-state index in [2.05, 4.69) is 10.0 Å². The van der Waals surface area contributed by atoms with E-state index < -0.39 is 38.1 Å². The van der Waals surface area contributed by atoms with Gasteiger partial charge in [-0.3, -0.25) is 0 Å². The number of carboxylic acids is 1. The van der Waals surface area contributed by atoms with Crippen LogP contribution in [0.25, 0.3) is 0 Å². The van der Waals surface area contributed by atoms with Crippen molar-refractivity contribution in [3.8, 4) is 0 Å². The number of rotatable bonds is 8. The fraction of sp³-hybridized carbons (Fsp3) is 0.417. The van der Waals surface area contributed by atoms with Crippen LogP contribution < -0.4 is 10.0 Å². The molecule has 3 N–H and O–H groups in total. The summed E-state index contributed by atoms with van der Waals surface area (Å²) in [5.41, 5.74) is -1.29. The minimum Gasteiger partial charge on any atom is -0.477 e. The van der Waals surface area contributed by atoms with Crippen LogP contribution in [0.5, 0.6) is 0 Å².